The van der Waals surface area contributed by atoms with Gasteiger partial charge in [0.25, 0.3) is 0 Å². The smallest absolute Gasteiger partial charge is 0.321 e. The van der Waals surface area contributed by atoms with Crippen molar-refractivity contribution in [3.05, 3.63) is 58.6 Å². The summed E-state index contributed by atoms with van der Waals surface area (Å²) in [7, 11) is -3.50. The minimum absolute atomic E-state index is 0.157. The maximum Gasteiger partial charge on any atom is 0.321 e. The monoisotopic (exact) mass is 398 g/mol. The standard InChI is InChI=1S/C17H16Cl2N2O3S/c18-12-1-5-14(6-2-12)20-17(22)21-10-9-16(11-21)25(23,24)15-7-3-13(19)4-8-15/h1-8,16H,9-11H2,(H,20,22). The Kier molecular flexibility index (Phi) is 5.22. The van der Waals surface area contributed by atoms with E-state index in [1.807, 2.05) is 0 Å². The van der Waals surface area contributed by atoms with Gasteiger partial charge in [-0.2, -0.15) is 0 Å². The summed E-state index contributed by atoms with van der Waals surface area (Å²) in [5.74, 6) is 0. The van der Waals surface area contributed by atoms with Crippen molar-refractivity contribution in [3.8, 4) is 0 Å². The fraction of sp³-hybridized carbons (Fsp3) is 0.235. The van der Waals surface area contributed by atoms with Crippen LogP contribution >= 0.6 is 23.2 Å². The van der Waals surface area contributed by atoms with Crippen molar-refractivity contribution in [2.24, 2.45) is 0 Å². The van der Waals surface area contributed by atoms with Crippen LogP contribution in [0.3, 0.4) is 0 Å². The van der Waals surface area contributed by atoms with Crippen LogP contribution in [-0.4, -0.2) is 37.7 Å². The summed E-state index contributed by atoms with van der Waals surface area (Å²) in [6.07, 6.45) is 0.402. The molecule has 132 valence electrons. The molecule has 0 saturated carbocycles. The van der Waals surface area contributed by atoms with Gasteiger partial charge in [-0.15, -0.1) is 0 Å². The van der Waals surface area contributed by atoms with Gasteiger partial charge in [0.2, 0.25) is 0 Å². The molecule has 2 aromatic rings. The first-order valence-corrected chi connectivity index (χ1v) is 9.97. The summed E-state index contributed by atoms with van der Waals surface area (Å²) in [5.41, 5.74) is 0.610. The van der Waals surface area contributed by atoms with Crippen molar-refractivity contribution >= 4 is 44.8 Å². The van der Waals surface area contributed by atoms with Crippen LogP contribution in [0.5, 0.6) is 0 Å². The largest absolute Gasteiger partial charge is 0.323 e. The van der Waals surface area contributed by atoms with Gasteiger partial charge in [-0.05, 0) is 55.0 Å². The number of urea groups is 1. The minimum Gasteiger partial charge on any atom is -0.323 e. The average molecular weight is 399 g/mol. The lowest BCUT2D eigenvalue weighted by Crippen LogP contribution is -2.35. The second-order valence-corrected chi connectivity index (χ2v) is 8.89. The Balaban J connectivity index is 1.67. The van der Waals surface area contributed by atoms with Gasteiger partial charge in [-0.1, -0.05) is 23.2 Å². The third-order valence-electron chi connectivity index (χ3n) is 4.11. The Hall–Kier alpha value is -1.76. The zero-order valence-electron chi connectivity index (χ0n) is 13.2. The van der Waals surface area contributed by atoms with Gasteiger partial charge < -0.3 is 10.2 Å². The Morgan fingerprint density at radius 1 is 1.00 bits per heavy atom. The maximum absolute atomic E-state index is 12.7. The highest BCUT2D eigenvalue weighted by Gasteiger charge is 2.36. The highest BCUT2D eigenvalue weighted by Crippen LogP contribution is 2.25. The molecule has 1 unspecified atom stereocenters. The number of nitrogens with one attached hydrogen (secondary N) is 1. The molecule has 1 atom stereocenters. The molecule has 3 rings (SSSR count). The zero-order valence-corrected chi connectivity index (χ0v) is 15.5. The molecule has 0 spiro atoms. The molecular formula is C17H16Cl2N2O3S. The van der Waals surface area contributed by atoms with Crippen molar-refractivity contribution in [1.29, 1.82) is 0 Å². The van der Waals surface area contributed by atoms with Crippen LogP contribution in [-0.2, 0) is 9.84 Å². The van der Waals surface area contributed by atoms with E-state index in [1.165, 1.54) is 17.0 Å². The van der Waals surface area contributed by atoms with E-state index in [9.17, 15) is 13.2 Å². The van der Waals surface area contributed by atoms with Crippen molar-refractivity contribution in [2.45, 2.75) is 16.6 Å². The van der Waals surface area contributed by atoms with Crippen molar-refractivity contribution in [1.82, 2.24) is 4.90 Å². The number of carbonyl (C=O) groups is 1. The van der Waals surface area contributed by atoms with Gasteiger partial charge in [-0.25, -0.2) is 13.2 Å². The maximum atomic E-state index is 12.7. The molecule has 5 nitrogen and oxygen atoms in total. The molecule has 1 aliphatic heterocycles. The van der Waals surface area contributed by atoms with Gasteiger partial charge in [-0.3, -0.25) is 0 Å². The number of halogens is 2. The summed E-state index contributed by atoms with van der Waals surface area (Å²) in [4.78, 5) is 14.1. The van der Waals surface area contributed by atoms with E-state index in [-0.39, 0.29) is 17.5 Å². The van der Waals surface area contributed by atoms with E-state index < -0.39 is 15.1 Å². The molecule has 0 bridgehead atoms. The van der Waals surface area contributed by atoms with Gasteiger partial charge in [0.15, 0.2) is 9.84 Å². The average Bonchev–Trinajstić information content (AvgIpc) is 3.08. The number of anilines is 1. The lowest BCUT2D eigenvalue weighted by atomic mass is 10.3. The van der Waals surface area contributed by atoms with E-state index >= 15 is 0 Å². The lowest BCUT2D eigenvalue weighted by molar-refractivity contribution is 0.222. The summed E-state index contributed by atoms with van der Waals surface area (Å²) >= 11 is 11.6. The first kappa shape index (κ1) is 18.0. The molecule has 2 amide bonds. The quantitative estimate of drug-likeness (QED) is 0.846. The van der Waals surface area contributed by atoms with Crippen LogP contribution in [0.2, 0.25) is 10.0 Å². The molecule has 2 aromatic carbocycles. The number of hydrogen-bond donors (Lipinski definition) is 1. The van der Waals surface area contributed by atoms with Crippen LogP contribution in [0, 0.1) is 0 Å². The number of carbonyl (C=O) groups excluding carboxylic acids is 1. The Bertz CT molecular complexity index is 868. The molecule has 1 aliphatic rings. The van der Waals surface area contributed by atoms with E-state index in [4.69, 9.17) is 23.2 Å². The number of amides is 2. The summed E-state index contributed by atoms with van der Waals surface area (Å²) < 4.78 is 25.4. The van der Waals surface area contributed by atoms with E-state index in [0.29, 0.717) is 28.7 Å². The molecule has 0 radical (unpaired) electrons. The highest BCUT2D eigenvalue weighted by atomic mass is 35.5. The van der Waals surface area contributed by atoms with E-state index in [1.54, 1.807) is 36.4 Å². The normalized spacial score (nSPS) is 17.5. The lowest BCUT2D eigenvalue weighted by Gasteiger charge is -2.17. The Morgan fingerprint density at radius 3 is 2.16 bits per heavy atom. The minimum atomic E-state index is -3.50. The van der Waals surface area contributed by atoms with Crippen LogP contribution in [0.4, 0.5) is 10.5 Å². The molecule has 1 N–H and O–H groups in total. The third kappa shape index (κ3) is 4.08. The molecule has 25 heavy (non-hydrogen) atoms. The highest BCUT2D eigenvalue weighted by molar-refractivity contribution is 7.92. The molecule has 1 heterocycles. The SMILES string of the molecule is O=C(Nc1ccc(Cl)cc1)N1CCC(S(=O)(=O)c2ccc(Cl)cc2)C1. The number of rotatable bonds is 3. The number of hydrogen-bond acceptors (Lipinski definition) is 3. The van der Waals surface area contributed by atoms with Crippen molar-refractivity contribution < 1.29 is 13.2 Å². The fourth-order valence-electron chi connectivity index (χ4n) is 2.72. The van der Waals surface area contributed by atoms with Crippen molar-refractivity contribution in [3.63, 3.8) is 0 Å². The van der Waals surface area contributed by atoms with Crippen LogP contribution in [0.15, 0.2) is 53.4 Å². The zero-order chi connectivity index (χ0) is 18.0. The predicted octanol–water partition coefficient (Wildman–Crippen LogP) is 4.07. The molecular weight excluding hydrogens is 383 g/mol. The van der Waals surface area contributed by atoms with E-state index in [0.717, 1.165) is 0 Å². The second kappa shape index (κ2) is 7.23. The predicted molar refractivity (Wildman–Crippen MR) is 99.1 cm³/mol. The summed E-state index contributed by atoms with van der Waals surface area (Å²) in [5, 5.41) is 3.18. The molecule has 0 aromatic heterocycles. The first-order chi connectivity index (χ1) is 11.9. The first-order valence-electron chi connectivity index (χ1n) is 7.67. The van der Waals surface area contributed by atoms with Crippen LogP contribution in [0.25, 0.3) is 0 Å². The third-order valence-corrected chi connectivity index (χ3v) is 6.80. The van der Waals surface area contributed by atoms with Crippen LogP contribution < -0.4 is 5.32 Å². The van der Waals surface area contributed by atoms with Gasteiger partial charge in [0.05, 0.1) is 10.1 Å². The number of nitrogens with zero attached hydrogens (tertiary/aromatic N) is 1. The number of likely N-dealkylation sites (tertiary alicyclic amines) is 1. The molecule has 1 fully saturated rings. The summed E-state index contributed by atoms with van der Waals surface area (Å²) in [6, 6.07) is 12.5. The van der Waals surface area contributed by atoms with Crippen molar-refractivity contribution in [2.75, 3.05) is 18.4 Å². The van der Waals surface area contributed by atoms with Gasteiger partial charge >= 0.3 is 6.03 Å². The van der Waals surface area contributed by atoms with E-state index in [2.05, 4.69) is 5.32 Å². The number of sulfone groups is 1. The summed E-state index contributed by atoms with van der Waals surface area (Å²) in [6.45, 7) is 0.543. The fourth-order valence-corrected chi connectivity index (χ4v) is 4.66. The van der Waals surface area contributed by atoms with Gasteiger partial charge in [0.1, 0.15) is 0 Å². The molecule has 1 saturated heterocycles. The van der Waals surface area contributed by atoms with Gasteiger partial charge in [0, 0.05) is 28.8 Å². The molecule has 8 heteroatoms. The Labute approximate surface area is 156 Å². The number of benzene rings is 2. The topological polar surface area (TPSA) is 66.5 Å². The Morgan fingerprint density at radius 2 is 1.56 bits per heavy atom. The second-order valence-electron chi connectivity index (χ2n) is 5.79. The molecule has 0 aliphatic carbocycles. The van der Waals surface area contributed by atoms with Crippen LogP contribution in [0.1, 0.15) is 6.42 Å².